The molecular weight excluding hydrogens is 318 g/mol. The van der Waals surface area contributed by atoms with E-state index in [2.05, 4.69) is 15.3 Å². The van der Waals surface area contributed by atoms with Gasteiger partial charge in [0.05, 0.1) is 23.2 Å². The van der Waals surface area contributed by atoms with Gasteiger partial charge in [-0.1, -0.05) is 11.6 Å². The van der Waals surface area contributed by atoms with Gasteiger partial charge < -0.3 is 15.2 Å². The van der Waals surface area contributed by atoms with E-state index in [4.69, 9.17) is 16.3 Å². The smallest absolute Gasteiger partial charge is 0.153 e. The van der Waals surface area contributed by atoms with Crippen LogP contribution in [0.1, 0.15) is 10.4 Å². The number of phenolic OH excluding ortho intramolecular Hbond substituents is 1. The summed E-state index contributed by atoms with van der Waals surface area (Å²) in [5.41, 5.74) is 1.69. The van der Waals surface area contributed by atoms with Crippen molar-refractivity contribution in [3.8, 4) is 11.5 Å². The number of nitrogens with one attached hydrogen (secondary N) is 1. The van der Waals surface area contributed by atoms with E-state index in [9.17, 15) is 9.90 Å². The molecule has 0 spiro atoms. The van der Waals surface area contributed by atoms with Crippen LogP contribution >= 0.6 is 11.6 Å². The highest BCUT2D eigenvalue weighted by Crippen LogP contribution is 2.31. The molecule has 3 aromatic rings. The molecule has 0 saturated carbocycles. The number of aldehydes is 1. The van der Waals surface area contributed by atoms with Crippen LogP contribution in [-0.4, -0.2) is 28.5 Å². The molecule has 23 heavy (non-hydrogen) atoms. The molecule has 0 amide bonds. The number of benzene rings is 2. The Morgan fingerprint density at radius 3 is 2.78 bits per heavy atom. The maximum Gasteiger partial charge on any atom is 0.153 e. The number of rotatable bonds is 4. The number of carbonyl (C=O) groups is 1. The summed E-state index contributed by atoms with van der Waals surface area (Å²) in [5.74, 6) is 0.963. The number of nitrogens with zero attached hydrogens (tertiary/aromatic N) is 2. The van der Waals surface area contributed by atoms with Crippen molar-refractivity contribution >= 4 is 40.3 Å². The van der Waals surface area contributed by atoms with Crippen molar-refractivity contribution in [2.24, 2.45) is 0 Å². The Morgan fingerprint density at radius 1 is 1.26 bits per heavy atom. The molecule has 1 aromatic heterocycles. The molecule has 0 radical (unpaired) electrons. The minimum Gasteiger partial charge on any atom is -0.506 e. The lowest BCUT2D eigenvalue weighted by molar-refractivity contribution is 0.112. The van der Waals surface area contributed by atoms with Gasteiger partial charge in [0, 0.05) is 17.1 Å². The van der Waals surface area contributed by atoms with Crippen LogP contribution in [0.2, 0.25) is 5.02 Å². The average molecular weight is 330 g/mol. The number of ether oxygens (including phenoxy) is 1. The molecule has 0 unspecified atom stereocenters. The summed E-state index contributed by atoms with van der Waals surface area (Å²) >= 11 is 5.90. The first-order valence-electron chi connectivity index (χ1n) is 6.66. The van der Waals surface area contributed by atoms with Crippen LogP contribution in [0, 0.1) is 0 Å². The van der Waals surface area contributed by atoms with Gasteiger partial charge in [-0.2, -0.15) is 0 Å². The molecule has 0 aliphatic carbocycles. The Balaban J connectivity index is 2.09. The van der Waals surface area contributed by atoms with Crippen molar-refractivity contribution < 1.29 is 14.6 Å². The van der Waals surface area contributed by atoms with E-state index in [1.807, 2.05) is 0 Å². The Bertz CT molecular complexity index is 899. The molecule has 0 fully saturated rings. The zero-order valence-electron chi connectivity index (χ0n) is 12.1. The van der Waals surface area contributed by atoms with Crippen molar-refractivity contribution in [1.82, 2.24) is 9.97 Å². The largest absolute Gasteiger partial charge is 0.506 e. The molecule has 2 N–H and O–H groups in total. The highest BCUT2D eigenvalue weighted by atomic mass is 35.5. The number of phenols is 1. The van der Waals surface area contributed by atoms with E-state index >= 15 is 0 Å². The van der Waals surface area contributed by atoms with Crippen molar-refractivity contribution in [2.45, 2.75) is 0 Å². The summed E-state index contributed by atoms with van der Waals surface area (Å²) in [6.45, 7) is 0. The first-order chi connectivity index (χ1) is 11.1. The maximum absolute atomic E-state index is 11.2. The van der Waals surface area contributed by atoms with Gasteiger partial charge in [0.25, 0.3) is 0 Å². The van der Waals surface area contributed by atoms with E-state index in [1.54, 1.807) is 24.3 Å². The van der Waals surface area contributed by atoms with Crippen LogP contribution in [0.5, 0.6) is 11.5 Å². The number of hydrogen-bond acceptors (Lipinski definition) is 6. The predicted octanol–water partition coefficient (Wildman–Crippen LogP) is 3.55. The van der Waals surface area contributed by atoms with Gasteiger partial charge in [-0.15, -0.1) is 0 Å². The molecule has 116 valence electrons. The SMILES string of the molecule is COc1cc2ncnc(Nc3ccc(O)c(Cl)c3)c2cc1C=O. The predicted molar refractivity (Wildman–Crippen MR) is 87.9 cm³/mol. The second-order valence-electron chi connectivity index (χ2n) is 4.74. The van der Waals surface area contributed by atoms with Crippen LogP contribution in [0.3, 0.4) is 0 Å². The van der Waals surface area contributed by atoms with Crippen molar-refractivity contribution in [2.75, 3.05) is 12.4 Å². The zero-order chi connectivity index (χ0) is 16.4. The van der Waals surface area contributed by atoms with E-state index in [0.717, 1.165) is 0 Å². The lowest BCUT2D eigenvalue weighted by Gasteiger charge is -2.11. The van der Waals surface area contributed by atoms with Gasteiger partial charge in [0.15, 0.2) is 6.29 Å². The summed E-state index contributed by atoms with van der Waals surface area (Å²) in [7, 11) is 1.49. The molecule has 6 nitrogen and oxygen atoms in total. The second kappa shape index (κ2) is 6.10. The Morgan fingerprint density at radius 2 is 2.09 bits per heavy atom. The fourth-order valence-corrected chi connectivity index (χ4v) is 2.37. The number of fused-ring (bicyclic) bond motifs is 1. The zero-order valence-corrected chi connectivity index (χ0v) is 12.8. The summed E-state index contributed by atoms with van der Waals surface area (Å²) in [5, 5.41) is 13.5. The first-order valence-corrected chi connectivity index (χ1v) is 7.03. The third-order valence-corrected chi connectivity index (χ3v) is 3.63. The number of hydrogen-bond donors (Lipinski definition) is 2. The molecule has 0 saturated heterocycles. The number of halogens is 1. The van der Waals surface area contributed by atoms with Crippen molar-refractivity contribution in [1.29, 1.82) is 0 Å². The Labute approximate surface area is 136 Å². The van der Waals surface area contributed by atoms with E-state index in [-0.39, 0.29) is 10.8 Å². The fraction of sp³-hybridized carbons (Fsp3) is 0.0625. The summed E-state index contributed by atoms with van der Waals surface area (Å²) in [6, 6.07) is 8.06. The minimum atomic E-state index is -0.00209. The van der Waals surface area contributed by atoms with Crippen LogP contribution in [0.4, 0.5) is 11.5 Å². The minimum absolute atomic E-state index is 0.00209. The topological polar surface area (TPSA) is 84.3 Å². The van der Waals surface area contributed by atoms with Gasteiger partial charge in [-0.3, -0.25) is 4.79 Å². The van der Waals surface area contributed by atoms with Crippen molar-refractivity contribution in [3.63, 3.8) is 0 Å². The van der Waals surface area contributed by atoms with E-state index in [0.29, 0.717) is 40.0 Å². The van der Waals surface area contributed by atoms with Gasteiger partial charge in [-0.05, 0) is 24.3 Å². The van der Waals surface area contributed by atoms with Crippen LogP contribution in [0.25, 0.3) is 10.9 Å². The van der Waals surface area contributed by atoms with E-state index < -0.39 is 0 Å². The van der Waals surface area contributed by atoms with Crippen LogP contribution in [0.15, 0.2) is 36.7 Å². The lowest BCUT2D eigenvalue weighted by atomic mass is 10.1. The second-order valence-corrected chi connectivity index (χ2v) is 5.15. The molecule has 2 aromatic carbocycles. The van der Waals surface area contributed by atoms with Gasteiger partial charge in [0.1, 0.15) is 23.6 Å². The lowest BCUT2D eigenvalue weighted by Crippen LogP contribution is -1.98. The Kier molecular flexibility index (Phi) is 3.99. The molecular formula is C16H12ClN3O3. The molecule has 1 heterocycles. The normalized spacial score (nSPS) is 10.5. The molecule has 3 rings (SSSR count). The monoisotopic (exact) mass is 329 g/mol. The Hall–Kier alpha value is -2.86. The molecule has 0 atom stereocenters. The number of methoxy groups -OCH3 is 1. The maximum atomic E-state index is 11.2. The summed E-state index contributed by atoms with van der Waals surface area (Å²) < 4.78 is 5.17. The van der Waals surface area contributed by atoms with E-state index in [1.165, 1.54) is 19.5 Å². The number of aromatic hydroxyl groups is 1. The average Bonchev–Trinajstić information content (AvgIpc) is 2.57. The molecule has 0 bridgehead atoms. The molecule has 0 aliphatic rings. The van der Waals surface area contributed by atoms with Gasteiger partial charge in [0.2, 0.25) is 0 Å². The highest BCUT2D eigenvalue weighted by Gasteiger charge is 2.10. The molecule has 7 heteroatoms. The highest BCUT2D eigenvalue weighted by molar-refractivity contribution is 6.32. The standard InChI is InChI=1S/C16H12ClN3O3/c1-23-15-6-13-11(4-9(15)7-21)16(19-8-18-13)20-10-2-3-14(22)12(17)5-10/h2-8,22H,1H3,(H,18,19,20). The van der Waals surface area contributed by atoms with Gasteiger partial charge in [-0.25, -0.2) is 9.97 Å². The van der Waals surface area contributed by atoms with Crippen molar-refractivity contribution in [3.05, 3.63) is 47.2 Å². The summed E-state index contributed by atoms with van der Waals surface area (Å²) in [6.07, 6.45) is 2.12. The number of aromatic nitrogens is 2. The van der Waals surface area contributed by atoms with Crippen LogP contribution < -0.4 is 10.1 Å². The first kappa shape index (κ1) is 15.1. The number of anilines is 2. The van der Waals surface area contributed by atoms with Crippen LogP contribution in [-0.2, 0) is 0 Å². The number of carbonyl (C=O) groups excluding carboxylic acids is 1. The third-order valence-electron chi connectivity index (χ3n) is 3.32. The van der Waals surface area contributed by atoms with Gasteiger partial charge >= 0.3 is 0 Å². The summed E-state index contributed by atoms with van der Waals surface area (Å²) in [4.78, 5) is 19.6. The fourth-order valence-electron chi connectivity index (χ4n) is 2.19. The molecule has 0 aliphatic heterocycles. The quantitative estimate of drug-likeness (QED) is 0.562. The third kappa shape index (κ3) is 2.89.